The predicted molar refractivity (Wildman–Crippen MR) is 84.7 cm³/mol. The van der Waals surface area contributed by atoms with Crippen LogP contribution in [0.3, 0.4) is 0 Å². The molecule has 0 aliphatic rings. The topological polar surface area (TPSA) is 38.8 Å². The first kappa shape index (κ1) is 17.7. The lowest BCUT2D eigenvalue weighted by atomic mass is 10.1. The Morgan fingerprint density at radius 3 is 1.90 bits per heavy atom. The molecule has 4 heteroatoms. The normalized spacial score (nSPS) is 10.6. The zero-order valence-electron chi connectivity index (χ0n) is 13.4. The van der Waals surface area contributed by atoms with Crippen LogP contribution < -0.4 is 0 Å². The SMILES string of the molecule is CCOCCN(CCOCC)C(=O)c1ccc(CC)cc1. The molecule has 21 heavy (non-hydrogen) atoms. The summed E-state index contributed by atoms with van der Waals surface area (Å²) in [7, 11) is 0. The second-order valence-corrected chi connectivity index (χ2v) is 4.74. The summed E-state index contributed by atoms with van der Waals surface area (Å²) in [5.41, 5.74) is 1.96. The van der Waals surface area contributed by atoms with Gasteiger partial charge < -0.3 is 14.4 Å². The van der Waals surface area contributed by atoms with Gasteiger partial charge in [0.05, 0.1) is 13.2 Å². The Labute approximate surface area is 128 Å². The van der Waals surface area contributed by atoms with E-state index in [1.165, 1.54) is 5.56 Å². The third kappa shape index (κ3) is 6.27. The number of nitrogens with zero attached hydrogens (tertiary/aromatic N) is 1. The molecular weight excluding hydrogens is 266 g/mol. The fourth-order valence-electron chi connectivity index (χ4n) is 2.02. The maximum Gasteiger partial charge on any atom is 0.254 e. The average Bonchev–Trinajstić information content (AvgIpc) is 2.53. The van der Waals surface area contributed by atoms with Crippen molar-refractivity contribution >= 4 is 5.91 Å². The van der Waals surface area contributed by atoms with Crippen molar-refractivity contribution in [3.05, 3.63) is 35.4 Å². The molecule has 0 bridgehead atoms. The zero-order valence-corrected chi connectivity index (χ0v) is 13.4. The van der Waals surface area contributed by atoms with Crippen LogP contribution in [-0.4, -0.2) is 50.3 Å². The van der Waals surface area contributed by atoms with Crippen LogP contribution in [0.25, 0.3) is 0 Å². The van der Waals surface area contributed by atoms with Gasteiger partial charge in [-0.1, -0.05) is 19.1 Å². The van der Waals surface area contributed by atoms with Gasteiger partial charge in [0.1, 0.15) is 0 Å². The summed E-state index contributed by atoms with van der Waals surface area (Å²) < 4.78 is 10.7. The van der Waals surface area contributed by atoms with Gasteiger partial charge in [0, 0.05) is 31.9 Å². The molecule has 0 aliphatic carbocycles. The average molecular weight is 293 g/mol. The number of benzene rings is 1. The fraction of sp³-hybridized carbons (Fsp3) is 0.588. The molecule has 0 N–H and O–H groups in total. The molecule has 0 spiro atoms. The Bertz CT molecular complexity index is 393. The number of hydrogen-bond acceptors (Lipinski definition) is 3. The molecule has 0 radical (unpaired) electrons. The predicted octanol–water partition coefficient (Wildman–Crippen LogP) is 2.76. The molecule has 0 fully saturated rings. The first-order valence-electron chi connectivity index (χ1n) is 7.76. The lowest BCUT2D eigenvalue weighted by Gasteiger charge is -2.22. The summed E-state index contributed by atoms with van der Waals surface area (Å²) in [5.74, 6) is 0.0389. The Morgan fingerprint density at radius 1 is 0.952 bits per heavy atom. The first-order chi connectivity index (χ1) is 10.2. The number of ether oxygens (including phenoxy) is 2. The lowest BCUT2D eigenvalue weighted by molar-refractivity contribution is 0.0550. The van der Waals surface area contributed by atoms with Crippen LogP contribution in [0.1, 0.15) is 36.7 Å². The summed E-state index contributed by atoms with van der Waals surface area (Å²) in [6.45, 7) is 9.64. The van der Waals surface area contributed by atoms with Crippen molar-refractivity contribution in [2.24, 2.45) is 0 Å². The minimum Gasteiger partial charge on any atom is -0.380 e. The second kappa shape index (κ2) is 10.4. The molecule has 118 valence electrons. The molecule has 0 aromatic heterocycles. The summed E-state index contributed by atoms with van der Waals surface area (Å²) in [5, 5.41) is 0. The molecule has 1 aromatic rings. The number of carbonyl (C=O) groups excluding carboxylic acids is 1. The molecule has 0 unspecified atom stereocenters. The van der Waals surface area contributed by atoms with Crippen LogP contribution in [0.15, 0.2) is 24.3 Å². The quantitative estimate of drug-likeness (QED) is 0.623. The standard InChI is InChI=1S/C17H27NO3/c1-4-15-7-9-16(10-8-15)17(19)18(11-13-20-5-2)12-14-21-6-3/h7-10H,4-6,11-14H2,1-3H3. The zero-order chi connectivity index (χ0) is 15.5. The third-order valence-corrected chi connectivity index (χ3v) is 3.32. The summed E-state index contributed by atoms with van der Waals surface area (Å²) >= 11 is 0. The number of hydrogen-bond donors (Lipinski definition) is 0. The van der Waals surface area contributed by atoms with E-state index >= 15 is 0 Å². The molecule has 0 saturated carbocycles. The highest BCUT2D eigenvalue weighted by Crippen LogP contribution is 2.08. The van der Waals surface area contributed by atoms with E-state index in [0.29, 0.717) is 39.5 Å². The van der Waals surface area contributed by atoms with E-state index in [9.17, 15) is 4.79 Å². The van der Waals surface area contributed by atoms with Crippen LogP contribution in [0.5, 0.6) is 0 Å². The molecule has 0 saturated heterocycles. The molecule has 0 aliphatic heterocycles. The van der Waals surface area contributed by atoms with Gasteiger partial charge in [-0.25, -0.2) is 0 Å². The van der Waals surface area contributed by atoms with Crippen molar-refractivity contribution in [1.29, 1.82) is 0 Å². The van der Waals surface area contributed by atoms with Crippen molar-refractivity contribution in [1.82, 2.24) is 4.90 Å². The largest absolute Gasteiger partial charge is 0.380 e. The van der Waals surface area contributed by atoms with E-state index in [4.69, 9.17) is 9.47 Å². The van der Waals surface area contributed by atoms with Gasteiger partial charge >= 0.3 is 0 Å². The number of amides is 1. The minimum atomic E-state index is 0.0389. The second-order valence-electron chi connectivity index (χ2n) is 4.74. The van der Waals surface area contributed by atoms with Gasteiger partial charge in [-0.3, -0.25) is 4.79 Å². The van der Waals surface area contributed by atoms with Gasteiger partial charge in [0.15, 0.2) is 0 Å². The fourth-order valence-corrected chi connectivity index (χ4v) is 2.02. The number of carbonyl (C=O) groups is 1. The molecule has 1 aromatic carbocycles. The highest BCUT2D eigenvalue weighted by Gasteiger charge is 2.15. The van der Waals surface area contributed by atoms with Crippen molar-refractivity contribution in [3.8, 4) is 0 Å². The maximum absolute atomic E-state index is 12.5. The van der Waals surface area contributed by atoms with Crippen LogP contribution in [0.4, 0.5) is 0 Å². The monoisotopic (exact) mass is 293 g/mol. The van der Waals surface area contributed by atoms with Gasteiger partial charge in [-0.15, -0.1) is 0 Å². The van der Waals surface area contributed by atoms with Crippen molar-refractivity contribution in [2.45, 2.75) is 27.2 Å². The van der Waals surface area contributed by atoms with Gasteiger partial charge in [0.2, 0.25) is 0 Å². The van der Waals surface area contributed by atoms with Gasteiger partial charge in [-0.05, 0) is 38.0 Å². The Kier molecular flexibility index (Phi) is 8.71. The van der Waals surface area contributed by atoms with E-state index in [1.54, 1.807) is 4.90 Å². The maximum atomic E-state index is 12.5. The molecule has 1 rings (SSSR count). The third-order valence-electron chi connectivity index (χ3n) is 3.32. The van der Waals surface area contributed by atoms with Crippen LogP contribution >= 0.6 is 0 Å². The van der Waals surface area contributed by atoms with E-state index in [-0.39, 0.29) is 5.91 Å². The molecule has 4 nitrogen and oxygen atoms in total. The van der Waals surface area contributed by atoms with Crippen molar-refractivity contribution in [2.75, 3.05) is 39.5 Å². The van der Waals surface area contributed by atoms with E-state index < -0.39 is 0 Å². The van der Waals surface area contributed by atoms with Crippen LogP contribution in [-0.2, 0) is 15.9 Å². The van der Waals surface area contributed by atoms with Gasteiger partial charge in [0.25, 0.3) is 5.91 Å². The molecule has 1 amide bonds. The molecular formula is C17H27NO3. The van der Waals surface area contributed by atoms with E-state index in [1.807, 2.05) is 38.1 Å². The Hall–Kier alpha value is -1.39. The Balaban J connectivity index is 2.66. The smallest absolute Gasteiger partial charge is 0.254 e. The van der Waals surface area contributed by atoms with Crippen LogP contribution in [0, 0.1) is 0 Å². The summed E-state index contributed by atoms with van der Waals surface area (Å²) in [4.78, 5) is 14.3. The number of aryl methyl sites for hydroxylation is 1. The minimum absolute atomic E-state index is 0.0389. The van der Waals surface area contributed by atoms with Crippen LogP contribution in [0.2, 0.25) is 0 Å². The lowest BCUT2D eigenvalue weighted by Crippen LogP contribution is -2.36. The number of rotatable bonds is 10. The van der Waals surface area contributed by atoms with Crippen molar-refractivity contribution < 1.29 is 14.3 Å². The molecule has 0 heterocycles. The van der Waals surface area contributed by atoms with Gasteiger partial charge in [-0.2, -0.15) is 0 Å². The van der Waals surface area contributed by atoms with Crippen molar-refractivity contribution in [3.63, 3.8) is 0 Å². The van der Waals surface area contributed by atoms with E-state index in [0.717, 1.165) is 12.0 Å². The summed E-state index contributed by atoms with van der Waals surface area (Å²) in [6, 6.07) is 7.82. The highest BCUT2D eigenvalue weighted by molar-refractivity contribution is 5.94. The highest BCUT2D eigenvalue weighted by atomic mass is 16.5. The van der Waals surface area contributed by atoms with E-state index in [2.05, 4.69) is 6.92 Å². The molecule has 0 atom stereocenters. The Morgan fingerprint density at radius 2 is 1.48 bits per heavy atom. The summed E-state index contributed by atoms with van der Waals surface area (Å²) in [6.07, 6.45) is 0.979. The first-order valence-corrected chi connectivity index (χ1v) is 7.76.